The molecule has 0 bridgehead atoms. The van der Waals surface area contributed by atoms with Gasteiger partial charge in [0.15, 0.2) is 0 Å². The molecule has 0 aromatic rings. The van der Waals surface area contributed by atoms with E-state index in [-0.39, 0.29) is 50.9 Å². The summed E-state index contributed by atoms with van der Waals surface area (Å²) >= 11 is 0. The van der Waals surface area contributed by atoms with Crippen LogP contribution in [0.3, 0.4) is 0 Å². The summed E-state index contributed by atoms with van der Waals surface area (Å²) in [5.41, 5.74) is 0. The molecule has 0 unspecified atom stereocenters. The fourth-order valence-corrected chi connectivity index (χ4v) is 0. The van der Waals surface area contributed by atoms with Gasteiger partial charge >= 0.3 is 50.9 Å². The molecule has 0 saturated carbocycles. The minimum Gasteiger partial charge on any atom is -0.894 e. The summed E-state index contributed by atoms with van der Waals surface area (Å²) in [4.78, 5) is 34.3. The van der Waals surface area contributed by atoms with Gasteiger partial charge in [-0.2, -0.15) is 0 Å². The average Bonchev–Trinajstić information content (AvgIpc) is 0.722. The maximum Gasteiger partial charge on any atom is 3.00 e. The maximum absolute atomic E-state index is 8.58. The average molecular weight is 259 g/mol. The van der Waals surface area contributed by atoms with Crippen LogP contribution >= 0.6 is 0 Å². The molecule has 0 saturated heterocycles. The SMILES string of the molecule is [Cr+3].[Fe+2].[Ni+2].[O-][Si]([O-])([O-])[O-]. The van der Waals surface area contributed by atoms with Crippen LogP contribution in [0, 0.1) is 0 Å². The summed E-state index contributed by atoms with van der Waals surface area (Å²) in [5.74, 6) is 0. The first-order chi connectivity index (χ1) is 2.00. The van der Waals surface area contributed by atoms with E-state index in [1.54, 1.807) is 0 Å². The van der Waals surface area contributed by atoms with Crippen LogP contribution in [0.25, 0.3) is 0 Å². The molecule has 4 nitrogen and oxygen atoms in total. The fourth-order valence-electron chi connectivity index (χ4n) is 0. The summed E-state index contributed by atoms with van der Waals surface area (Å²) in [7, 11) is -5.61. The van der Waals surface area contributed by atoms with Crippen LogP contribution in [0.15, 0.2) is 0 Å². The van der Waals surface area contributed by atoms with E-state index in [1.165, 1.54) is 0 Å². The second kappa shape index (κ2) is 8.60. The molecule has 0 heterocycles. The minimum absolute atomic E-state index is 0. The van der Waals surface area contributed by atoms with Crippen LogP contribution in [0.5, 0.6) is 0 Å². The zero-order chi connectivity index (χ0) is 4.50. The van der Waals surface area contributed by atoms with Gasteiger partial charge in [0, 0.05) is 0 Å². The molecule has 0 aliphatic heterocycles. The molecule has 8 heavy (non-hydrogen) atoms. The second-order valence-corrected chi connectivity index (χ2v) is 1.50. The van der Waals surface area contributed by atoms with Gasteiger partial charge in [0.05, 0.1) is 0 Å². The standard InChI is InChI=1S/Cr.Fe.Ni.O4Si/c;;;1-5(2,3)4/q+3;2*+2;-4. The summed E-state index contributed by atoms with van der Waals surface area (Å²) in [6, 6.07) is 0. The van der Waals surface area contributed by atoms with Crippen molar-refractivity contribution < 1.29 is 70.1 Å². The van der Waals surface area contributed by atoms with Crippen LogP contribution in [0.4, 0.5) is 0 Å². The van der Waals surface area contributed by atoms with E-state index in [1.807, 2.05) is 0 Å². The van der Waals surface area contributed by atoms with Gasteiger partial charge in [-0.15, -0.1) is 0 Å². The van der Waals surface area contributed by atoms with E-state index < -0.39 is 9.05 Å². The van der Waals surface area contributed by atoms with Crippen molar-refractivity contribution in [2.75, 3.05) is 0 Å². The van der Waals surface area contributed by atoms with Crippen molar-refractivity contribution in [2.45, 2.75) is 0 Å². The molecule has 0 amide bonds. The van der Waals surface area contributed by atoms with Gasteiger partial charge in [0.1, 0.15) is 0 Å². The smallest absolute Gasteiger partial charge is 0.894 e. The van der Waals surface area contributed by atoms with Crippen molar-refractivity contribution in [3.05, 3.63) is 0 Å². The molecule has 49 valence electrons. The van der Waals surface area contributed by atoms with Crippen molar-refractivity contribution in [1.82, 2.24) is 0 Å². The second-order valence-electron chi connectivity index (χ2n) is 0.500. The zero-order valence-electron chi connectivity index (χ0n) is 3.21. The number of rotatable bonds is 0. The first-order valence-electron chi connectivity index (χ1n) is 0.816. The minimum atomic E-state index is -5.61. The predicted molar refractivity (Wildman–Crippen MR) is 5.75 cm³/mol. The van der Waals surface area contributed by atoms with E-state index in [9.17, 15) is 0 Å². The molecule has 0 N–H and O–H groups in total. The van der Waals surface area contributed by atoms with Gasteiger partial charge < -0.3 is 28.2 Å². The van der Waals surface area contributed by atoms with E-state index in [4.69, 9.17) is 19.2 Å². The molecule has 0 aromatic carbocycles. The van der Waals surface area contributed by atoms with Crippen LogP contribution in [0.2, 0.25) is 0 Å². The zero-order valence-corrected chi connectivity index (χ0v) is 7.58. The van der Waals surface area contributed by atoms with Crippen molar-refractivity contribution in [1.29, 1.82) is 0 Å². The molecule has 1 radical (unpaired) electrons. The van der Waals surface area contributed by atoms with Crippen LogP contribution in [0.1, 0.15) is 0 Å². The van der Waals surface area contributed by atoms with Gasteiger partial charge in [-0.25, -0.2) is 0 Å². The van der Waals surface area contributed by atoms with Crippen LogP contribution in [-0.2, 0) is 50.9 Å². The third kappa shape index (κ3) is 129. The van der Waals surface area contributed by atoms with Crippen molar-refractivity contribution in [2.24, 2.45) is 0 Å². The third-order valence-corrected chi connectivity index (χ3v) is 0. The van der Waals surface area contributed by atoms with E-state index >= 15 is 0 Å². The summed E-state index contributed by atoms with van der Waals surface area (Å²) < 4.78 is 0. The van der Waals surface area contributed by atoms with Crippen LogP contribution < -0.4 is 19.2 Å². The Hall–Kier alpha value is 1.60. The molecule has 0 spiro atoms. The Morgan fingerprint density at radius 1 is 0.875 bits per heavy atom. The first kappa shape index (κ1) is 22.6. The molecule has 0 atom stereocenters. The molecule has 0 rings (SSSR count). The van der Waals surface area contributed by atoms with Gasteiger partial charge in [-0.05, 0) is 0 Å². The summed E-state index contributed by atoms with van der Waals surface area (Å²) in [5, 5.41) is 0. The Morgan fingerprint density at radius 2 is 0.875 bits per heavy atom. The molecule has 8 heteroatoms. The van der Waals surface area contributed by atoms with E-state index in [0.717, 1.165) is 0 Å². The fraction of sp³-hybridized carbons (Fsp3) is 0. The predicted octanol–water partition coefficient (Wildman–Crippen LogP) is -5.14. The normalized spacial score (nSPS) is 7.50. The van der Waals surface area contributed by atoms with Crippen molar-refractivity contribution in [3.63, 3.8) is 0 Å². The Morgan fingerprint density at radius 3 is 0.875 bits per heavy atom. The molecule has 0 aromatic heterocycles. The number of hydrogen-bond donors (Lipinski definition) is 0. The molecule has 0 aliphatic rings. The molecular weight excluding hydrogens is 259 g/mol. The topological polar surface area (TPSA) is 92.2 Å². The van der Waals surface area contributed by atoms with Crippen LogP contribution in [-0.4, -0.2) is 9.05 Å². The first-order valence-corrected chi connectivity index (χ1v) is 2.45. The Labute approximate surface area is 78.9 Å². The quantitative estimate of drug-likeness (QED) is 0.406. The van der Waals surface area contributed by atoms with E-state index in [0.29, 0.717) is 0 Å². The Balaban J connectivity index is -0.0000000267. The number of hydrogen-bond acceptors (Lipinski definition) is 4. The summed E-state index contributed by atoms with van der Waals surface area (Å²) in [6.45, 7) is 0. The van der Waals surface area contributed by atoms with E-state index in [2.05, 4.69) is 0 Å². The maximum atomic E-state index is 8.58. The Bertz CT molecular complexity index is 31.5. The molecule has 0 fully saturated rings. The van der Waals surface area contributed by atoms with Gasteiger partial charge in [0.2, 0.25) is 0 Å². The Kier molecular flexibility index (Phi) is 24.3. The van der Waals surface area contributed by atoms with Crippen molar-refractivity contribution in [3.8, 4) is 0 Å². The summed E-state index contributed by atoms with van der Waals surface area (Å²) in [6.07, 6.45) is 0. The monoisotopic (exact) mass is 258 g/mol. The largest absolute Gasteiger partial charge is 3.00 e. The molecule has 0 aliphatic carbocycles. The molecular formula is CrFeNiO4Si+3. The van der Waals surface area contributed by atoms with Gasteiger partial charge in [0.25, 0.3) is 0 Å². The third-order valence-electron chi connectivity index (χ3n) is 0. The van der Waals surface area contributed by atoms with Gasteiger partial charge in [-0.3, -0.25) is 0 Å². The van der Waals surface area contributed by atoms with Crippen molar-refractivity contribution >= 4 is 9.05 Å². The van der Waals surface area contributed by atoms with Gasteiger partial charge in [-0.1, -0.05) is 0 Å².